The first-order valence-corrected chi connectivity index (χ1v) is 5.25. The van der Waals surface area contributed by atoms with Gasteiger partial charge in [-0.15, -0.1) is 0 Å². The minimum absolute atomic E-state index is 0.302. The summed E-state index contributed by atoms with van der Waals surface area (Å²) in [5.74, 6) is 1.21. The number of hydrogen-bond acceptors (Lipinski definition) is 4. The van der Waals surface area contributed by atoms with E-state index >= 15 is 0 Å². The van der Waals surface area contributed by atoms with Crippen molar-refractivity contribution in [1.29, 1.82) is 0 Å². The van der Waals surface area contributed by atoms with Crippen LogP contribution in [0.25, 0.3) is 0 Å². The zero-order valence-electron chi connectivity index (χ0n) is 9.64. The Hall–Kier alpha value is -1.85. The summed E-state index contributed by atoms with van der Waals surface area (Å²) in [7, 11) is 0. The van der Waals surface area contributed by atoms with Crippen molar-refractivity contribution in [3.63, 3.8) is 0 Å². The Morgan fingerprint density at radius 2 is 2.31 bits per heavy atom. The van der Waals surface area contributed by atoms with Crippen LogP contribution >= 0.6 is 0 Å². The summed E-state index contributed by atoms with van der Waals surface area (Å²) in [6, 6.07) is 0.302. The number of aliphatic imine (C=N–C) groups is 1. The first-order valence-electron chi connectivity index (χ1n) is 5.25. The summed E-state index contributed by atoms with van der Waals surface area (Å²) in [5, 5.41) is 6.10. The Morgan fingerprint density at radius 1 is 1.50 bits per heavy atom. The maximum Gasteiger partial charge on any atom is 0.188 e. The second kappa shape index (κ2) is 6.60. The van der Waals surface area contributed by atoms with Gasteiger partial charge in [0.15, 0.2) is 5.96 Å². The highest BCUT2D eigenvalue weighted by Crippen LogP contribution is 1.95. The number of aromatic nitrogens is 2. The third kappa shape index (κ3) is 5.14. The van der Waals surface area contributed by atoms with Gasteiger partial charge in [0.2, 0.25) is 0 Å². The van der Waals surface area contributed by atoms with Crippen molar-refractivity contribution in [3.05, 3.63) is 18.6 Å². The molecule has 0 aliphatic carbocycles. The van der Waals surface area contributed by atoms with Crippen LogP contribution in [0.15, 0.2) is 23.6 Å². The molecule has 16 heavy (non-hydrogen) atoms. The molecule has 0 aromatic carbocycles. The predicted octanol–water partition coefficient (Wildman–Crippen LogP) is 0.201. The maximum atomic E-state index is 5.64. The molecule has 1 aromatic heterocycles. The molecule has 0 aliphatic rings. The highest BCUT2D eigenvalue weighted by Gasteiger charge is 1.94. The van der Waals surface area contributed by atoms with E-state index in [2.05, 4.69) is 25.6 Å². The number of anilines is 1. The molecule has 0 saturated carbocycles. The summed E-state index contributed by atoms with van der Waals surface area (Å²) in [4.78, 5) is 12.2. The normalized spacial score (nSPS) is 11.6. The van der Waals surface area contributed by atoms with Gasteiger partial charge in [0.25, 0.3) is 0 Å². The molecule has 6 heteroatoms. The Labute approximate surface area is 95.4 Å². The number of nitrogens with two attached hydrogens (primary N) is 1. The molecular formula is C10H18N6. The lowest BCUT2D eigenvalue weighted by atomic mass is 10.4. The Balaban J connectivity index is 2.21. The summed E-state index contributed by atoms with van der Waals surface area (Å²) >= 11 is 0. The van der Waals surface area contributed by atoms with Gasteiger partial charge in [-0.2, -0.15) is 0 Å². The number of guanidine groups is 1. The largest absolute Gasteiger partial charge is 0.370 e. The lowest BCUT2D eigenvalue weighted by Gasteiger charge is -2.08. The van der Waals surface area contributed by atoms with Crippen LogP contribution in [0.4, 0.5) is 5.82 Å². The van der Waals surface area contributed by atoms with Crippen molar-refractivity contribution >= 4 is 11.8 Å². The highest BCUT2D eigenvalue weighted by molar-refractivity contribution is 5.78. The molecule has 1 heterocycles. The first-order chi connectivity index (χ1) is 7.68. The molecule has 0 aliphatic heterocycles. The second-order valence-corrected chi connectivity index (χ2v) is 3.58. The van der Waals surface area contributed by atoms with Gasteiger partial charge in [0.05, 0.1) is 12.7 Å². The van der Waals surface area contributed by atoms with Gasteiger partial charge < -0.3 is 16.4 Å². The van der Waals surface area contributed by atoms with Crippen LogP contribution in [0.5, 0.6) is 0 Å². The Kier molecular flexibility index (Phi) is 5.04. The van der Waals surface area contributed by atoms with Gasteiger partial charge in [-0.3, -0.25) is 9.98 Å². The fourth-order valence-electron chi connectivity index (χ4n) is 1.09. The van der Waals surface area contributed by atoms with E-state index in [1.165, 1.54) is 0 Å². The van der Waals surface area contributed by atoms with Crippen LogP contribution in [-0.4, -0.2) is 35.1 Å². The zero-order valence-corrected chi connectivity index (χ0v) is 9.64. The van der Waals surface area contributed by atoms with Gasteiger partial charge in [0.1, 0.15) is 5.82 Å². The Bertz CT molecular complexity index is 321. The maximum absolute atomic E-state index is 5.64. The fourth-order valence-corrected chi connectivity index (χ4v) is 1.09. The van der Waals surface area contributed by atoms with Crippen LogP contribution < -0.4 is 16.4 Å². The molecule has 0 radical (unpaired) electrons. The summed E-state index contributed by atoms with van der Waals surface area (Å²) in [6.07, 6.45) is 4.94. The fraction of sp³-hybridized carbons (Fsp3) is 0.500. The topological polar surface area (TPSA) is 88.2 Å². The van der Waals surface area contributed by atoms with E-state index in [-0.39, 0.29) is 0 Å². The minimum Gasteiger partial charge on any atom is -0.370 e. The van der Waals surface area contributed by atoms with E-state index in [4.69, 9.17) is 5.73 Å². The average Bonchev–Trinajstić information content (AvgIpc) is 2.25. The lowest BCUT2D eigenvalue weighted by molar-refractivity contribution is 0.724. The van der Waals surface area contributed by atoms with E-state index < -0.39 is 0 Å². The van der Waals surface area contributed by atoms with Crippen molar-refractivity contribution in [2.75, 3.05) is 18.4 Å². The molecule has 0 fully saturated rings. The molecule has 0 unspecified atom stereocenters. The molecular weight excluding hydrogens is 204 g/mol. The number of nitrogens with zero attached hydrogens (tertiary/aromatic N) is 3. The molecule has 1 aromatic rings. The van der Waals surface area contributed by atoms with Crippen molar-refractivity contribution in [2.24, 2.45) is 10.7 Å². The van der Waals surface area contributed by atoms with E-state index in [0.717, 1.165) is 5.82 Å². The molecule has 88 valence electrons. The van der Waals surface area contributed by atoms with Gasteiger partial charge in [-0.25, -0.2) is 4.98 Å². The molecule has 6 nitrogen and oxygen atoms in total. The third-order valence-electron chi connectivity index (χ3n) is 1.70. The molecule has 0 saturated heterocycles. The van der Waals surface area contributed by atoms with Crippen LogP contribution in [0.2, 0.25) is 0 Å². The van der Waals surface area contributed by atoms with E-state index in [1.54, 1.807) is 18.6 Å². The summed E-state index contributed by atoms with van der Waals surface area (Å²) in [5.41, 5.74) is 5.64. The van der Waals surface area contributed by atoms with Crippen molar-refractivity contribution in [3.8, 4) is 0 Å². The highest BCUT2D eigenvalue weighted by atomic mass is 15.1. The van der Waals surface area contributed by atoms with Crippen LogP contribution in [0.1, 0.15) is 13.8 Å². The van der Waals surface area contributed by atoms with Gasteiger partial charge in [-0.05, 0) is 13.8 Å². The smallest absolute Gasteiger partial charge is 0.188 e. The molecule has 4 N–H and O–H groups in total. The number of rotatable bonds is 5. The Morgan fingerprint density at radius 3 is 2.94 bits per heavy atom. The molecule has 0 spiro atoms. The van der Waals surface area contributed by atoms with Crippen LogP contribution in [0, 0.1) is 0 Å². The summed E-state index contributed by atoms with van der Waals surface area (Å²) in [6.45, 7) is 5.31. The number of nitrogens with one attached hydrogen (secondary N) is 2. The van der Waals surface area contributed by atoms with Gasteiger partial charge >= 0.3 is 0 Å². The average molecular weight is 222 g/mol. The zero-order chi connectivity index (χ0) is 11.8. The summed E-state index contributed by atoms with van der Waals surface area (Å²) < 4.78 is 0. The van der Waals surface area contributed by atoms with Crippen molar-refractivity contribution < 1.29 is 0 Å². The monoisotopic (exact) mass is 222 g/mol. The standard InChI is InChI=1S/C10H18N6/c1-8(2)16-10(11)15-6-5-14-9-7-12-3-4-13-9/h3-4,7-8H,5-6H2,1-2H3,(H,13,14)(H3,11,15,16). The SMILES string of the molecule is CC(C)NC(N)=NCCNc1cnccn1. The predicted molar refractivity (Wildman–Crippen MR) is 65.3 cm³/mol. The van der Waals surface area contributed by atoms with E-state index in [1.807, 2.05) is 13.8 Å². The number of hydrogen-bond donors (Lipinski definition) is 3. The third-order valence-corrected chi connectivity index (χ3v) is 1.70. The van der Waals surface area contributed by atoms with Crippen LogP contribution in [0.3, 0.4) is 0 Å². The quantitative estimate of drug-likeness (QED) is 0.376. The lowest BCUT2D eigenvalue weighted by Crippen LogP contribution is -2.37. The van der Waals surface area contributed by atoms with Crippen molar-refractivity contribution in [2.45, 2.75) is 19.9 Å². The van der Waals surface area contributed by atoms with Gasteiger partial charge in [-0.1, -0.05) is 0 Å². The van der Waals surface area contributed by atoms with Gasteiger partial charge in [0, 0.05) is 25.0 Å². The molecule has 0 bridgehead atoms. The molecule has 0 amide bonds. The second-order valence-electron chi connectivity index (χ2n) is 3.58. The first kappa shape index (κ1) is 12.2. The van der Waals surface area contributed by atoms with E-state index in [9.17, 15) is 0 Å². The molecule has 0 atom stereocenters. The molecule has 1 rings (SSSR count). The van der Waals surface area contributed by atoms with E-state index in [0.29, 0.717) is 25.1 Å². The minimum atomic E-state index is 0.302. The van der Waals surface area contributed by atoms with Crippen LogP contribution in [-0.2, 0) is 0 Å². The van der Waals surface area contributed by atoms with Crippen molar-refractivity contribution in [1.82, 2.24) is 15.3 Å².